The number of aliphatic hydroxyl groups excluding tert-OH is 1. The Morgan fingerprint density at radius 1 is 1.00 bits per heavy atom. The van der Waals surface area contributed by atoms with E-state index in [4.69, 9.17) is 4.74 Å². The maximum Gasteiger partial charge on any atom is 0.407 e. The molecule has 1 saturated carbocycles. The van der Waals surface area contributed by atoms with Gasteiger partial charge in [0.25, 0.3) is 0 Å². The highest BCUT2D eigenvalue weighted by atomic mass is 16.5. The second-order valence-corrected chi connectivity index (χ2v) is 7.30. The molecule has 26 heavy (non-hydrogen) atoms. The molecule has 2 atom stereocenters. The average Bonchev–Trinajstić information content (AvgIpc) is 3.01. The van der Waals surface area contributed by atoms with Crippen LogP contribution < -0.4 is 5.32 Å². The average molecular weight is 351 g/mol. The Morgan fingerprint density at radius 3 is 2.27 bits per heavy atom. The van der Waals surface area contributed by atoms with Crippen LogP contribution in [0.3, 0.4) is 0 Å². The van der Waals surface area contributed by atoms with Crippen LogP contribution in [0.2, 0.25) is 0 Å². The number of hydrogen-bond acceptors (Lipinski definition) is 3. The van der Waals surface area contributed by atoms with Gasteiger partial charge in [-0.15, -0.1) is 0 Å². The molecule has 136 valence electrons. The molecule has 0 heterocycles. The minimum absolute atomic E-state index is 0.0180. The Hall–Kier alpha value is -2.33. The van der Waals surface area contributed by atoms with Crippen LogP contribution in [0.4, 0.5) is 4.79 Å². The van der Waals surface area contributed by atoms with Crippen LogP contribution in [0.15, 0.2) is 48.5 Å². The van der Waals surface area contributed by atoms with Gasteiger partial charge < -0.3 is 15.2 Å². The lowest BCUT2D eigenvalue weighted by Crippen LogP contribution is -2.43. The summed E-state index contributed by atoms with van der Waals surface area (Å²) in [6, 6.07) is 16.7. The van der Waals surface area contributed by atoms with Crippen molar-refractivity contribution >= 4 is 6.09 Å². The molecular weight excluding hydrogens is 326 g/mol. The van der Waals surface area contributed by atoms with Crippen LogP contribution in [-0.4, -0.2) is 30.5 Å². The van der Waals surface area contributed by atoms with Crippen LogP contribution in [0, 0.1) is 5.92 Å². The number of carbonyl (C=O) groups excluding carboxylic acids is 1. The number of carbonyl (C=O) groups is 1. The Kier molecular flexibility index (Phi) is 4.93. The number of fused-ring (bicyclic) bond motifs is 3. The second kappa shape index (κ2) is 7.50. The molecule has 0 bridgehead atoms. The van der Waals surface area contributed by atoms with E-state index < -0.39 is 0 Å². The summed E-state index contributed by atoms with van der Waals surface area (Å²) in [5.41, 5.74) is 4.88. The van der Waals surface area contributed by atoms with Crippen molar-refractivity contribution in [1.29, 1.82) is 0 Å². The van der Waals surface area contributed by atoms with Crippen molar-refractivity contribution in [1.82, 2.24) is 5.32 Å². The van der Waals surface area contributed by atoms with E-state index >= 15 is 0 Å². The van der Waals surface area contributed by atoms with Gasteiger partial charge in [0.05, 0.1) is 0 Å². The van der Waals surface area contributed by atoms with E-state index in [1.165, 1.54) is 22.3 Å². The molecule has 0 spiro atoms. The summed E-state index contributed by atoms with van der Waals surface area (Å²) < 4.78 is 5.60. The number of ether oxygens (including phenoxy) is 1. The fourth-order valence-electron chi connectivity index (χ4n) is 4.41. The summed E-state index contributed by atoms with van der Waals surface area (Å²) in [6.07, 6.45) is 3.70. The molecule has 0 aromatic heterocycles. The number of alkyl carbamates (subject to hydrolysis) is 1. The molecule has 4 heteroatoms. The summed E-state index contributed by atoms with van der Waals surface area (Å²) in [7, 11) is 0. The maximum atomic E-state index is 12.3. The molecule has 0 aliphatic heterocycles. The van der Waals surface area contributed by atoms with Gasteiger partial charge in [-0.2, -0.15) is 0 Å². The smallest absolute Gasteiger partial charge is 0.407 e. The minimum atomic E-state index is -0.378. The van der Waals surface area contributed by atoms with E-state index in [2.05, 4.69) is 29.6 Å². The number of rotatable bonds is 4. The zero-order valence-electron chi connectivity index (χ0n) is 14.9. The first-order valence-corrected chi connectivity index (χ1v) is 9.50. The largest absolute Gasteiger partial charge is 0.449 e. The first-order valence-electron chi connectivity index (χ1n) is 9.50. The van der Waals surface area contributed by atoms with Crippen LogP contribution in [0.1, 0.15) is 42.7 Å². The standard InChI is InChI=1S/C22H25NO3/c24-13-15-7-1-6-12-21(15)23-22(25)26-14-20-18-10-4-2-8-16(18)17-9-3-5-11-19(17)20/h2-5,8-11,15,20-21,24H,1,6-7,12-14H2,(H,23,25)/t15-,21-/m1/s1. The van der Waals surface area contributed by atoms with Gasteiger partial charge in [0, 0.05) is 24.5 Å². The molecule has 2 aliphatic carbocycles. The summed E-state index contributed by atoms with van der Waals surface area (Å²) in [6.45, 7) is 0.449. The van der Waals surface area contributed by atoms with Crippen molar-refractivity contribution < 1.29 is 14.6 Å². The lowest BCUT2D eigenvalue weighted by atomic mass is 9.85. The van der Waals surface area contributed by atoms with Gasteiger partial charge in [0.2, 0.25) is 0 Å². The number of benzene rings is 2. The molecule has 2 N–H and O–H groups in total. The zero-order chi connectivity index (χ0) is 17.9. The van der Waals surface area contributed by atoms with Crippen molar-refractivity contribution in [2.75, 3.05) is 13.2 Å². The summed E-state index contributed by atoms with van der Waals surface area (Å²) in [4.78, 5) is 12.3. The summed E-state index contributed by atoms with van der Waals surface area (Å²) >= 11 is 0. The lowest BCUT2D eigenvalue weighted by Gasteiger charge is -2.30. The molecule has 0 unspecified atom stereocenters. The quantitative estimate of drug-likeness (QED) is 0.873. The number of amides is 1. The molecule has 0 saturated heterocycles. The Labute approximate surface area is 154 Å². The molecule has 1 amide bonds. The van der Waals surface area contributed by atoms with E-state index in [9.17, 15) is 9.90 Å². The molecule has 1 fully saturated rings. The molecule has 2 aromatic carbocycles. The van der Waals surface area contributed by atoms with Crippen LogP contribution in [0.25, 0.3) is 11.1 Å². The van der Waals surface area contributed by atoms with Crippen molar-refractivity contribution in [3.05, 3.63) is 59.7 Å². The van der Waals surface area contributed by atoms with E-state index in [-0.39, 0.29) is 30.6 Å². The first-order chi connectivity index (χ1) is 12.8. The van der Waals surface area contributed by atoms with Gasteiger partial charge in [-0.3, -0.25) is 0 Å². The van der Waals surface area contributed by atoms with Crippen LogP contribution in [-0.2, 0) is 4.74 Å². The minimum Gasteiger partial charge on any atom is -0.449 e. The molecule has 2 aromatic rings. The van der Waals surface area contributed by atoms with Gasteiger partial charge in [-0.1, -0.05) is 61.4 Å². The SMILES string of the molecule is O=C(N[C@@H]1CCCC[C@@H]1CO)OCC1c2ccccc2-c2ccccc21. The normalized spacial score (nSPS) is 21.7. The summed E-state index contributed by atoms with van der Waals surface area (Å²) in [5, 5.41) is 12.5. The highest BCUT2D eigenvalue weighted by molar-refractivity contribution is 5.79. The van der Waals surface area contributed by atoms with Crippen LogP contribution >= 0.6 is 0 Å². The van der Waals surface area contributed by atoms with Gasteiger partial charge in [0.15, 0.2) is 0 Å². The Morgan fingerprint density at radius 2 is 1.62 bits per heavy atom. The topological polar surface area (TPSA) is 58.6 Å². The molecular formula is C22H25NO3. The Bertz CT molecular complexity index is 743. The predicted octanol–water partition coefficient (Wildman–Crippen LogP) is 4.08. The fraction of sp³-hybridized carbons (Fsp3) is 0.409. The van der Waals surface area contributed by atoms with E-state index in [1.54, 1.807) is 0 Å². The lowest BCUT2D eigenvalue weighted by molar-refractivity contribution is 0.116. The van der Waals surface area contributed by atoms with E-state index in [0.29, 0.717) is 6.61 Å². The Balaban J connectivity index is 1.44. The molecule has 0 radical (unpaired) electrons. The third kappa shape index (κ3) is 3.21. The highest BCUT2D eigenvalue weighted by Crippen LogP contribution is 2.44. The van der Waals surface area contributed by atoms with Crippen molar-refractivity contribution in [3.8, 4) is 11.1 Å². The third-order valence-corrected chi connectivity index (χ3v) is 5.79. The predicted molar refractivity (Wildman–Crippen MR) is 101 cm³/mol. The van der Waals surface area contributed by atoms with Gasteiger partial charge in [-0.05, 0) is 35.1 Å². The molecule has 4 nitrogen and oxygen atoms in total. The number of nitrogens with one attached hydrogen (secondary N) is 1. The van der Waals surface area contributed by atoms with Crippen LogP contribution in [0.5, 0.6) is 0 Å². The third-order valence-electron chi connectivity index (χ3n) is 5.79. The monoisotopic (exact) mass is 351 g/mol. The maximum absolute atomic E-state index is 12.3. The zero-order valence-corrected chi connectivity index (χ0v) is 14.9. The number of hydrogen-bond donors (Lipinski definition) is 2. The van der Waals surface area contributed by atoms with Crippen molar-refractivity contribution in [2.45, 2.75) is 37.6 Å². The van der Waals surface area contributed by atoms with Crippen molar-refractivity contribution in [2.24, 2.45) is 5.92 Å². The summed E-state index contributed by atoms with van der Waals surface area (Å²) in [5.74, 6) is 0.220. The number of aliphatic hydroxyl groups is 1. The van der Waals surface area contributed by atoms with Gasteiger partial charge in [0.1, 0.15) is 6.61 Å². The van der Waals surface area contributed by atoms with Crippen molar-refractivity contribution in [3.63, 3.8) is 0 Å². The first kappa shape index (κ1) is 17.1. The highest BCUT2D eigenvalue weighted by Gasteiger charge is 2.30. The fourth-order valence-corrected chi connectivity index (χ4v) is 4.41. The second-order valence-electron chi connectivity index (χ2n) is 7.30. The van der Waals surface area contributed by atoms with Gasteiger partial charge in [-0.25, -0.2) is 4.79 Å². The van der Waals surface area contributed by atoms with E-state index in [1.807, 2.05) is 24.3 Å². The van der Waals surface area contributed by atoms with E-state index in [0.717, 1.165) is 25.7 Å². The molecule has 4 rings (SSSR count). The molecule has 2 aliphatic rings. The van der Waals surface area contributed by atoms with Gasteiger partial charge >= 0.3 is 6.09 Å².